The molecule has 1 aromatic heterocycles. The Morgan fingerprint density at radius 1 is 1.16 bits per heavy atom. The van der Waals surface area contributed by atoms with Crippen molar-refractivity contribution in [2.75, 3.05) is 17.7 Å². The first-order chi connectivity index (χ1) is 9.26. The maximum Gasteiger partial charge on any atom is 0.136 e. The molecule has 0 radical (unpaired) electrons. The smallest absolute Gasteiger partial charge is 0.136 e. The summed E-state index contributed by atoms with van der Waals surface area (Å²) in [5.41, 5.74) is 0.853. The normalized spacial score (nSPS) is 14.2. The van der Waals surface area contributed by atoms with Crippen LogP contribution in [-0.2, 0) is 0 Å². The number of nitrogens with one attached hydrogen (secondary N) is 2. The summed E-state index contributed by atoms with van der Waals surface area (Å²) in [6.45, 7) is 0. The van der Waals surface area contributed by atoms with Crippen molar-refractivity contribution in [1.82, 2.24) is 9.97 Å². The Bertz CT molecular complexity index is 596. The zero-order chi connectivity index (χ0) is 13.2. The van der Waals surface area contributed by atoms with Crippen molar-refractivity contribution < 1.29 is 0 Å². The molecule has 5 heteroatoms. The van der Waals surface area contributed by atoms with Gasteiger partial charge in [-0.05, 0) is 25.0 Å². The number of hydrogen-bond donors (Lipinski definition) is 2. The van der Waals surface area contributed by atoms with Gasteiger partial charge in [-0.25, -0.2) is 9.97 Å². The van der Waals surface area contributed by atoms with E-state index in [1.807, 2.05) is 37.4 Å². The van der Waals surface area contributed by atoms with Crippen LogP contribution in [0, 0.1) is 0 Å². The van der Waals surface area contributed by atoms with Crippen LogP contribution in [0.1, 0.15) is 24.6 Å². The fourth-order valence-corrected chi connectivity index (χ4v) is 2.07. The Labute approximate surface area is 117 Å². The molecule has 1 aromatic carbocycles. The molecule has 0 saturated heterocycles. The lowest BCUT2D eigenvalue weighted by molar-refractivity contribution is 0.932. The standard InChI is InChI=1S/C14H15ClN4/c1-16-12-8-13(19-14(18-12)9-6-7-9)17-11-5-3-2-4-10(11)15/h2-5,8-9H,6-7H2,1H3,(H2,16,17,18,19). The molecule has 0 spiro atoms. The topological polar surface area (TPSA) is 49.8 Å². The fraction of sp³-hybridized carbons (Fsp3) is 0.286. The van der Waals surface area contributed by atoms with Crippen LogP contribution in [0.25, 0.3) is 0 Å². The summed E-state index contributed by atoms with van der Waals surface area (Å²) in [5.74, 6) is 3.02. The quantitative estimate of drug-likeness (QED) is 0.890. The molecule has 0 unspecified atom stereocenters. The van der Waals surface area contributed by atoms with Crippen LogP contribution in [0.15, 0.2) is 30.3 Å². The molecule has 1 aliphatic carbocycles. The molecular weight excluding hydrogens is 260 g/mol. The number of halogens is 1. The molecular formula is C14H15ClN4. The van der Waals surface area contributed by atoms with E-state index in [-0.39, 0.29) is 0 Å². The minimum absolute atomic E-state index is 0.514. The van der Waals surface area contributed by atoms with E-state index in [1.165, 1.54) is 12.8 Å². The average molecular weight is 275 g/mol. The molecule has 2 N–H and O–H groups in total. The predicted octanol–water partition coefficient (Wildman–Crippen LogP) is 3.79. The highest BCUT2D eigenvalue weighted by atomic mass is 35.5. The van der Waals surface area contributed by atoms with Crippen LogP contribution in [0.2, 0.25) is 5.02 Å². The monoisotopic (exact) mass is 274 g/mol. The van der Waals surface area contributed by atoms with Crippen LogP contribution in [0.4, 0.5) is 17.3 Å². The summed E-state index contributed by atoms with van der Waals surface area (Å²) in [7, 11) is 1.86. The van der Waals surface area contributed by atoms with E-state index in [1.54, 1.807) is 0 Å². The van der Waals surface area contributed by atoms with E-state index in [4.69, 9.17) is 11.6 Å². The molecule has 1 aliphatic rings. The fourth-order valence-electron chi connectivity index (χ4n) is 1.88. The zero-order valence-electron chi connectivity index (χ0n) is 10.7. The summed E-state index contributed by atoms with van der Waals surface area (Å²) in [5, 5.41) is 6.99. The van der Waals surface area contributed by atoms with Gasteiger partial charge < -0.3 is 10.6 Å². The SMILES string of the molecule is CNc1cc(Nc2ccccc2Cl)nc(C2CC2)n1. The number of para-hydroxylation sites is 1. The first-order valence-electron chi connectivity index (χ1n) is 6.34. The van der Waals surface area contributed by atoms with Gasteiger partial charge in [-0.15, -0.1) is 0 Å². The highest BCUT2D eigenvalue weighted by molar-refractivity contribution is 6.33. The van der Waals surface area contributed by atoms with Crippen molar-refractivity contribution in [2.24, 2.45) is 0 Å². The van der Waals surface area contributed by atoms with Gasteiger partial charge in [0.05, 0.1) is 10.7 Å². The highest BCUT2D eigenvalue weighted by Crippen LogP contribution is 2.39. The summed E-state index contributed by atoms with van der Waals surface area (Å²) in [6.07, 6.45) is 2.36. The number of hydrogen-bond acceptors (Lipinski definition) is 4. The maximum atomic E-state index is 6.14. The van der Waals surface area contributed by atoms with Gasteiger partial charge in [0.25, 0.3) is 0 Å². The third-order valence-corrected chi connectivity index (χ3v) is 3.41. The molecule has 3 rings (SSSR count). The minimum atomic E-state index is 0.514. The lowest BCUT2D eigenvalue weighted by atomic mass is 10.3. The second-order valence-electron chi connectivity index (χ2n) is 4.63. The largest absolute Gasteiger partial charge is 0.373 e. The lowest BCUT2D eigenvalue weighted by Crippen LogP contribution is -2.03. The van der Waals surface area contributed by atoms with Gasteiger partial charge in [0.15, 0.2) is 0 Å². The van der Waals surface area contributed by atoms with Gasteiger partial charge in [0.1, 0.15) is 17.5 Å². The molecule has 0 aliphatic heterocycles. The molecule has 19 heavy (non-hydrogen) atoms. The lowest BCUT2D eigenvalue weighted by Gasteiger charge is -2.10. The van der Waals surface area contributed by atoms with Gasteiger partial charge in [0, 0.05) is 19.0 Å². The van der Waals surface area contributed by atoms with Crippen molar-refractivity contribution >= 4 is 28.9 Å². The summed E-state index contributed by atoms with van der Waals surface area (Å²) in [6, 6.07) is 9.51. The number of aromatic nitrogens is 2. The van der Waals surface area contributed by atoms with Gasteiger partial charge >= 0.3 is 0 Å². The predicted molar refractivity (Wildman–Crippen MR) is 78.3 cm³/mol. The Hall–Kier alpha value is -1.81. The third kappa shape index (κ3) is 2.79. The number of nitrogens with zero attached hydrogens (tertiary/aromatic N) is 2. The van der Waals surface area contributed by atoms with Crippen molar-refractivity contribution in [3.05, 3.63) is 41.2 Å². The van der Waals surface area contributed by atoms with Crippen LogP contribution in [-0.4, -0.2) is 17.0 Å². The van der Waals surface area contributed by atoms with Gasteiger partial charge in [-0.2, -0.15) is 0 Å². The summed E-state index contributed by atoms with van der Waals surface area (Å²) >= 11 is 6.14. The van der Waals surface area contributed by atoms with Crippen LogP contribution >= 0.6 is 11.6 Å². The van der Waals surface area contributed by atoms with E-state index < -0.39 is 0 Å². The molecule has 0 amide bonds. The molecule has 1 heterocycles. The molecule has 98 valence electrons. The number of benzene rings is 1. The van der Waals surface area contributed by atoms with Gasteiger partial charge in [-0.3, -0.25) is 0 Å². The van der Waals surface area contributed by atoms with Gasteiger partial charge in [0.2, 0.25) is 0 Å². The van der Waals surface area contributed by atoms with Gasteiger partial charge in [-0.1, -0.05) is 23.7 Å². The zero-order valence-corrected chi connectivity index (χ0v) is 11.4. The first-order valence-corrected chi connectivity index (χ1v) is 6.72. The van der Waals surface area contributed by atoms with Crippen molar-refractivity contribution in [1.29, 1.82) is 0 Å². The van der Waals surface area contributed by atoms with E-state index in [2.05, 4.69) is 20.6 Å². The highest BCUT2D eigenvalue weighted by Gasteiger charge is 2.27. The Kier molecular flexibility index (Phi) is 3.25. The average Bonchev–Trinajstić information content (AvgIpc) is 3.25. The van der Waals surface area contributed by atoms with Crippen molar-refractivity contribution in [3.8, 4) is 0 Å². The van der Waals surface area contributed by atoms with Crippen LogP contribution in [0.5, 0.6) is 0 Å². The molecule has 0 bridgehead atoms. The van der Waals surface area contributed by atoms with E-state index in [0.717, 1.165) is 23.1 Å². The van der Waals surface area contributed by atoms with Crippen molar-refractivity contribution in [3.63, 3.8) is 0 Å². The maximum absolute atomic E-state index is 6.14. The molecule has 2 aromatic rings. The minimum Gasteiger partial charge on any atom is -0.373 e. The molecule has 1 saturated carbocycles. The first kappa shape index (κ1) is 12.2. The summed E-state index contributed by atoms with van der Waals surface area (Å²) in [4.78, 5) is 9.04. The van der Waals surface area contributed by atoms with E-state index in [0.29, 0.717) is 10.9 Å². The second-order valence-corrected chi connectivity index (χ2v) is 5.03. The van der Waals surface area contributed by atoms with Crippen LogP contribution in [0.3, 0.4) is 0 Å². The third-order valence-electron chi connectivity index (χ3n) is 3.08. The van der Waals surface area contributed by atoms with E-state index in [9.17, 15) is 0 Å². The Morgan fingerprint density at radius 2 is 1.89 bits per heavy atom. The van der Waals surface area contributed by atoms with Crippen LogP contribution < -0.4 is 10.6 Å². The Morgan fingerprint density at radius 3 is 2.58 bits per heavy atom. The van der Waals surface area contributed by atoms with E-state index >= 15 is 0 Å². The molecule has 0 atom stereocenters. The van der Waals surface area contributed by atoms with Crippen molar-refractivity contribution in [2.45, 2.75) is 18.8 Å². The summed E-state index contributed by atoms with van der Waals surface area (Å²) < 4.78 is 0. The second kappa shape index (κ2) is 5.05. The Balaban J connectivity index is 1.91. The molecule has 4 nitrogen and oxygen atoms in total. The number of anilines is 3. The molecule has 1 fully saturated rings. The number of rotatable bonds is 4.